The minimum atomic E-state index is -0.894. The average Bonchev–Trinajstić information content (AvgIpc) is 2.80. The quantitative estimate of drug-likeness (QED) is 0.779. The summed E-state index contributed by atoms with van der Waals surface area (Å²) < 4.78 is 11.2. The summed E-state index contributed by atoms with van der Waals surface area (Å²) in [6.45, 7) is 2.72. The Hall–Kier alpha value is -0.940. The standard InChI is InChI=1S/C11H16O5/c1-10(4-3-9(13)14)8(12)2-5-11(10)15-6-7-16-11/h2-7H2,1H3,(H,13,14). The van der Waals surface area contributed by atoms with Crippen molar-refractivity contribution in [3.05, 3.63) is 0 Å². The largest absolute Gasteiger partial charge is 0.481 e. The minimum Gasteiger partial charge on any atom is -0.481 e. The molecule has 0 amide bonds. The molecule has 0 bridgehead atoms. The van der Waals surface area contributed by atoms with Crippen LogP contribution in [0.1, 0.15) is 32.6 Å². The van der Waals surface area contributed by atoms with Crippen LogP contribution in [0.5, 0.6) is 0 Å². The first-order valence-electron chi connectivity index (χ1n) is 5.53. The monoisotopic (exact) mass is 228 g/mol. The Kier molecular flexibility index (Phi) is 2.75. The third kappa shape index (κ3) is 1.55. The molecule has 1 saturated heterocycles. The molecule has 0 radical (unpaired) electrons. The van der Waals surface area contributed by atoms with Crippen LogP contribution < -0.4 is 0 Å². The fourth-order valence-electron chi connectivity index (χ4n) is 2.65. The molecule has 90 valence electrons. The van der Waals surface area contributed by atoms with Crippen LogP contribution in [0.3, 0.4) is 0 Å². The number of ether oxygens (including phenoxy) is 2. The van der Waals surface area contributed by atoms with E-state index in [2.05, 4.69) is 0 Å². The summed E-state index contributed by atoms with van der Waals surface area (Å²) >= 11 is 0. The van der Waals surface area contributed by atoms with E-state index in [1.165, 1.54) is 0 Å². The van der Waals surface area contributed by atoms with Crippen LogP contribution in [-0.2, 0) is 19.1 Å². The molecular weight excluding hydrogens is 212 g/mol. The number of carbonyl (C=O) groups is 2. The fraction of sp³-hybridized carbons (Fsp3) is 0.818. The summed E-state index contributed by atoms with van der Waals surface area (Å²) in [5, 5.41) is 8.71. The Morgan fingerprint density at radius 1 is 1.44 bits per heavy atom. The van der Waals surface area contributed by atoms with Crippen molar-refractivity contribution in [1.82, 2.24) is 0 Å². The van der Waals surface area contributed by atoms with E-state index in [0.717, 1.165) is 0 Å². The number of carbonyl (C=O) groups excluding carboxylic acids is 1. The predicted molar refractivity (Wildman–Crippen MR) is 53.9 cm³/mol. The Balaban J connectivity index is 2.19. The van der Waals surface area contributed by atoms with Crippen molar-refractivity contribution >= 4 is 11.8 Å². The van der Waals surface area contributed by atoms with E-state index in [1.54, 1.807) is 6.92 Å². The van der Waals surface area contributed by atoms with Gasteiger partial charge in [-0.1, -0.05) is 0 Å². The highest BCUT2D eigenvalue weighted by Crippen LogP contribution is 2.51. The van der Waals surface area contributed by atoms with E-state index in [4.69, 9.17) is 14.6 Å². The maximum atomic E-state index is 11.9. The van der Waals surface area contributed by atoms with Crippen molar-refractivity contribution in [2.45, 2.75) is 38.4 Å². The Morgan fingerprint density at radius 3 is 2.62 bits per heavy atom. The van der Waals surface area contributed by atoms with Gasteiger partial charge >= 0.3 is 5.97 Å². The number of Topliss-reactive ketones (excluding diaryl/α,β-unsaturated/α-hetero) is 1. The summed E-state index contributed by atoms with van der Waals surface area (Å²) in [5.41, 5.74) is -0.804. The third-order valence-electron chi connectivity index (χ3n) is 3.73. The topological polar surface area (TPSA) is 72.8 Å². The summed E-state index contributed by atoms with van der Waals surface area (Å²) in [4.78, 5) is 22.5. The molecule has 5 nitrogen and oxygen atoms in total. The van der Waals surface area contributed by atoms with Crippen molar-refractivity contribution in [3.63, 3.8) is 0 Å². The van der Waals surface area contributed by atoms with Crippen molar-refractivity contribution in [2.24, 2.45) is 5.41 Å². The molecule has 1 aliphatic heterocycles. The van der Waals surface area contributed by atoms with Crippen molar-refractivity contribution < 1.29 is 24.2 Å². The van der Waals surface area contributed by atoms with Crippen LogP contribution >= 0.6 is 0 Å². The zero-order valence-electron chi connectivity index (χ0n) is 9.32. The van der Waals surface area contributed by atoms with Gasteiger partial charge < -0.3 is 14.6 Å². The lowest BCUT2D eigenvalue weighted by atomic mass is 9.78. The first-order chi connectivity index (χ1) is 7.50. The highest BCUT2D eigenvalue weighted by atomic mass is 16.7. The molecule has 2 fully saturated rings. The van der Waals surface area contributed by atoms with Crippen LogP contribution in [0, 0.1) is 5.41 Å². The number of carboxylic acid groups (broad SMARTS) is 1. The number of hydrogen-bond acceptors (Lipinski definition) is 4. The summed E-state index contributed by atoms with van der Waals surface area (Å²) in [6, 6.07) is 0. The zero-order valence-corrected chi connectivity index (χ0v) is 9.32. The lowest BCUT2D eigenvalue weighted by molar-refractivity contribution is -0.216. The maximum Gasteiger partial charge on any atom is 0.303 e. The summed E-state index contributed by atoms with van der Waals surface area (Å²) in [7, 11) is 0. The Bertz CT molecular complexity index is 318. The molecule has 1 N–H and O–H groups in total. The van der Waals surface area contributed by atoms with Gasteiger partial charge in [-0.3, -0.25) is 9.59 Å². The highest BCUT2D eigenvalue weighted by molar-refractivity contribution is 5.88. The van der Waals surface area contributed by atoms with E-state index >= 15 is 0 Å². The molecule has 0 aromatic heterocycles. The Labute approximate surface area is 93.7 Å². The van der Waals surface area contributed by atoms with Gasteiger partial charge in [0, 0.05) is 19.3 Å². The number of rotatable bonds is 3. The molecule has 1 spiro atoms. The van der Waals surface area contributed by atoms with E-state index < -0.39 is 17.2 Å². The van der Waals surface area contributed by atoms with Gasteiger partial charge in [0.05, 0.1) is 18.6 Å². The molecule has 1 aliphatic carbocycles. The second kappa shape index (κ2) is 3.82. The van der Waals surface area contributed by atoms with Gasteiger partial charge in [0.15, 0.2) is 5.79 Å². The van der Waals surface area contributed by atoms with Gasteiger partial charge in [0.2, 0.25) is 0 Å². The molecule has 2 rings (SSSR count). The van der Waals surface area contributed by atoms with Crippen molar-refractivity contribution in [1.29, 1.82) is 0 Å². The van der Waals surface area contributed by atoms with Crippen LogP contribution in [0.15, 0.2) is 0 Å². The number of hydrogen-bond donors (Lipinski definition) is 1. The normalized spacial score (nSPS) is 32.4. The van der Waals surface area contributed by atoms with Gasteiger partial charge in [-0.05, 0) is 13.3 Å². The molecule has 2 aliphatic rings. The van der Waals surface area contributed by atoms with Crippen LogP contribution in [0.25, 0.3) is 0 Å². The maximum absolute atomic E-state index is 11.9. The van der Waals surface area contributed by atoms with Crippen molar-refractivity contribution in [2.75, 3.05) is 13.2 Å². The number of carboxylic acids is 1. The second-order valence-electron chi connectivity index (χ2n) is 4.60. The first kappa shape index (κ1) is 11.5. The SMILES string of the molecule is CC1(CCC(=O)O)C(=O)CCC12OCCO2. The lowest BCUT2D eigenvalue weighted by Crippen LogP contribution is -2.46. The van der Waals surface area contributed by atoms with Crippen LogP contribution in [-0.4, -0.2) is 35.9 Å². The summed E-state index contributed by atoms with van der Waals surface area (Å²) in [5.74, 6) is -1.70. The number of ketones is 1. The van der Waals surface area contributed by atoms with Gasteiger partial charge in [0.25, 0.3) is 0 Å². The molecule has 1 atom stereocenters. The number of aliphatic carboxylic acids is 1. The van der Waals surface area contributed by atoms with Crippen LogP contribution in [0.2, 0.25) is 0 Å². The minimum absolute atomic E-state index is 0.0310. The smallest absolute Gasteiger partial charge is 0.303 e. The molecule has 0 aromatic rings. The zero-order chi connectivity index (χ0) is 11.8. The second-order valence-corrected chi connectivity index (χ2v) is 4.60. The molecular formula is C11H16O5. The molecule has 1 unspecified atom stereocenters. The predicted octanol–water partition coefficient (Wildman–Crippen LogP) is 0.963. The van der Waals surface area contributed by atoms with Gasteiger partial charge in [-0.25, -0.2) is 0 Å². The van der Waals surface area contributed by atoms with Crippen molar-refractivity contribution in [3.8, 4) is 0 Å². The Morgan fingerprint density at radius 2 is 2.06 bits per heavy atom. The average molecular weight is 228 g/mol. The molecule has 1 heterocycles. The van der Waals surface area contributed by atoms with E-state index in [0.29, 0.717) is 26.1 Å². The molecule has 16 heavy (non-hydrogen) atoms. The van der Waals surface area contributed by atoms with Gasteiger partial charge in [0.1, 0.15) is 5.78 Å². The van der Waals surface area contributed by atoms with Gasteiger partial charge in [-0.15, -0.1) is 0 Å². The molecule has 0 aromatic carbocycles. The molecule has 1 saturated carbocycles. The van der Waals surface area contributed by atoms with Crippen LogP contribution in [0.4, 0.5) is 0 Å². The molecule has 5 heteroatoms. The first-order valence-corrected chi connectivity index (χ1v) is 5.53. The lowest BCUT2D eigenvalue weighted by Gasteiger charge is -2.37. The highest BCUT2D eigenvalue weighted by Gasteiger charge is 2.61. The fourth-order valence-corrected chi connectivity index (χ4v) is 2.65. The summed E-state index contributed by atoms with van der Waals surface area (Å²) in [6.07, 6.45) is 1.20. The third-order valence-corrected chi connectivity index (χ3v) is 3.73. The van der Waals surface area contributed by atoms with E-state index in [9.17, 15) is 9.59 Å². The van der Waals surface area contributed by atoms with Gasteiger partial charge in [-0.2, -0.15) is 0 Å². The van der Waals surface area contributed by atoms with E-state index in [1.807, 2.05) is 0 Å². The van der Waals surface area contributed by atoms with E-state index in [-0.39, 0.29) is 18.6 Å².